The molecule has 0 saturated heterocycles. The van der Waals surface area contributed by atoms with Crippen molar-refractivity contribution in [1.29, 1.82) is 0 Å². The van der Waals surface area contributed by atoms with Crippen molar-refractivity contribution in [3.63, 3.8) is 0 Å². The molecular formula is C23H23FN2O3. The second-order valence-corrected chi connectivity index (χ2v) is 7.52. The zero-order valence-corrected chi connectivity index (χ0v) is 16.0. The molecular weight excluding hydrogens is 371 g/mol. The number of halogens is 1. The number of nitrogens with one attached hydrogen (secondary N) is 2. The number of anilines is 2. The number of hydrogen-bond donors (Lipinski definition) is 2. The van der Waals surface area contributed by atoms with Crippen LogP contribution >= 0.6 is 0 Å². The summed E-state index contributed by atoms with van der Waals surface area (Å²) in [7, 11) is 0. The Kier molecular flexibility index (Phi) is 5.60. The van der Waals surface area contributed by atoms with Crippen LogP contribution in [-0.4, -0.2) is 11.8 Å². The van der Waals surface area contributed by atoms with Crippen molar-refractivity contribution < 1.29 is 18.4 Å². The Labute approximate surface area is 168 Å². The topological polar surface area (TPSA) is 71.3 Å². The standard InChI is InChI=1S/C23H23FN2O3/c24-16-9-6-10-17(14-16)25-23(28)22-21(18-11-4-5-12-19(18)29-22)26-20(27)13-15-7-2-1-3-8-15/h4-6,9-12,14-15H,1-3,7-8,13H2,(H,25,28)(H,26,27). The van der Waals surface area contributed by atoms with Crippen LogP contribution in [0.1, 0.15) is 49.1 Å². The molecule has 1 aromatic heterocycles. The van der Waals surface area contributed by atoms with E-state index in [1.54, 1.807) is 24.3 Å². The predicted molar refractivity (Wildman–Crippen MR) is 110 cm³/mol. The Morgan fingerprint density at radius 1 is 1.00 bits per heavy atom. The molecule has 1 fully saturated rings. The van der Waals surface area contributed by atoms with Crippen molar-refractivity contribution >= 4 is 34.2 Å². The minimum atomic E-state index is -0.542. The van der Waals surface area contributed by atoms with Crippen LogP contribution in [0.5, 0.6) is 0 Å². The van der Waals surface area contributed by atoms with Crippen molar-refractivity contribution in [3.05, 3.63) is 60.1 Å². The maximum atomic E-state index is 13.4. The molecule has 6 heteroatoms. The SMILES string of the molecule is O=C(CC1CCCCC1)Nc1c(C(=O)Nc2cccc(F)c2)oc2ccccc12. The highest BCUT2D eigenvalue weighted by molar-refractivity contribution is 6.14. The monoisotopic (exact) mass is 394 g/mol. The molecule has 1 aliphatic rings. The van der Waals surface area contributed by atoms with Crippen LogP contribution in [0.25, 0.3) is 11.0 Å². The van der Waals surface area contributed by atoms with Gasteiger partial charge in [-0.1, -0.05) is 37.5 Å². The molecule has 2 aromatic carbocycles. The van der Waals surface area contributed by atoms with Gasteiger partial charge in [-0.3, -0.25) is 9.59 Å². The summed E-state index contributed by atoms with van der Waals surface area (Å²) in [6.07, 6.45) is 6.11. The first-order valence-electron chi connectivity index (χ1n) is 9.98. The lowest BCUT2D eigenvalue weighted by Gasteiger charge is -2.20. The predicted octanol–water partition coefficient (Wildman–Crippen LogP) is 5.73. The van der Waals surface area contributed by atoms with Gasteiger partial charge in [-0.05, 0) is 49.1 Å². The van der Waals surface area contributed by atoms with Crippen LogP contribution in [0.3, 0.4) is 0 Å². The van der Waals surface area contributed by atoms with Gasteiger partial charge in [0.05, 0.1) is 0 Å². The highest BCUT2D eigenvalue weighted by atomic mass is 19.1. The van der Waals surface area contributed by atoms with Gasteiger partial charge in [0.25, 0.3) is 5.91 Å². The molecule has 1 heterocycles. The van der Waals surface area contributed by atoms with Gasteiger partial charge < -0.3 is 15.1 Å². The number of rotatable bonds is 5. The first-order chi connectivity index (χ1) is 14.1. The second-order valence-electron chi connectivity index (χ2n) is 7.52. The summed E-state index contributed by atoms with van der Waals surface area (Å²) in [6, 6.07) is 12.8. The van der Waals surface area contributed by atoms with Crippen molar-refractivity contribution in [3.8, 4) is 0 Å². The van der Waals surface area contributed by atoms with Crippen LogP contribution in [0.2, 0.25) is 0 Å². The molecule has 3 aromatic rings. The Bertz CT molecular complexity index is 1040. The zero-order chi connectivity index (χ0) is 20.2. The van der Waals surface area contributed by atoms with E-state index < -0.39 is 11.7 Å². The summed E-state index contributed by atoms with van der Waals surface area (Å²) in [6.45, 7) is 0. The number of amides is 2. The third-order valence-electron chi connectivity index (χ3n) is 5.35. The van der Waals surface area contributed by atoms with Crippen molar-refractivity contribution in [1.82, 2.24) is 0 Å². The minimum Gasteiger partial charge on any atom is -0.449 e. The van der Waals surface area contributed by atoms with Gasteiger partial charge in [0.1, 0.15) is 17.1 Å². The summed E-state index contributed by atoms with van der Waals surface area (Å²) in [5.41, 5.74) is 1.18. The fraction of sp³-hybridized carbons (Fsp3) is 0.304. The van der Waals surface area contributed by atoms with E-state index in [2.05, 4.69) is 10.6 Å². The van der Waals surface area contributed by atoms with E-state index in [1.165, 1.54) is 24.6 Å². The Balaban J connectivity index is 1.58. The molecule has 2 amide bonds. The van der Waals surface area contributed by atoms with Crippen LogP contribution in [0.4, 0.5) is 15.8 Å². The lowest BCUT2D eigenvalue weighted by Crippen LogP contribution is -2.20. The zero-order valence-electron chi connectivity index (χ0n) is 16.0. The molecule has 2 N–H and O–H groups in total. The van der Waals surface area contributed by atoms with Crippen molar-refractivity contribution in [2.75, 3.05) is 10.6 Å². The van der Waals surface area contributed by atoms with E-state index in [4.69, 9.17) is 4.42 Å². The number of para-hydroxylation sites is 1. The number of benzene rings is 2. The molecule has 0 bridgehead atoms. The molecule has 0 spiro atoms. The molecule has 5 nitrogen and oxygen atoms in total. The fourth-order valence-corrected chi connectivity index (χ4v) is 3.93. The Morgan fingerprint density at radius 2 is 1.79 bits per heavy atom. The van der Waals surface area contributed by atoms with Gasteiger partial charge in [0.15, 0.2) is 0 Å². The largest absolute Gasteiger partial charge is 0.449 e. The number of fused-ring (bicyclic) bond motifs is 1. The molecule has 4 rings (SSSR count). The second kappa shape index (κ2) is 8.47. The maximum Gasteiger partial charge on any atom is 0.293 e. The number of carbonyl (C=O) groups is 2. The van der Waals surface area contributed by atoms with Crippen LogP contribution in [0.15, 0.2) is 52.9 Å². The number of hydrogen-bond acceptors (Lipinski definition) is 3. The molecule has 1 aliphatic carbocycles. The highest BCUT2D eigenvalue weighted by Gasteiger charge is 2.24. The molecule has 1 saturated carbocycles. The van der Waals surface area contributed by atoms with E-state index in [1.807, 2.05) is 6.07 Å². The summed E-state index contributed by atoms with van der Waals surface area (Å²) < 4.78 is 19.2. The smallest absolute Gasteiger partial charge is 0.293 e. The van der Waals surface area contributed by atoms with Gasteiger partial charge in [-0.15, -0.1) is 0 Å². The Hall–Kier alpha value is -3.15. The number of carbonyl (C=O) groups excluding carboxylic acids is 2. The molecule has 0 radical (unpaired) electrons. The van der Waals surface area contributed by atoms with Crippen molar-refractivity contribution in [2.24, 2.45) is 5.92 Å². The fourth-order valence-electron chi connectivity index (χ4n) is 3.93. The van der Waals surface area contributed by atoms with Crippen LogP contribution in [-0.2, 0) is 4.79 Å². The van der Waals surface area contributed by atoms with Gasteiger partial charge in [-0.25, -0.2) is 4.39 Å². The van der Waals surface area contributed by atoms with E-state index in [0.29, 0.717) is 34.7 Å². The highest BCUT2D eigenvalue weighted by Crippen LogP contribution is 2.33. The quantitative estimate of drug-likeness (QED) is 0.580. The van der Waals surface area contributed by atoms with Crippen molar-refractivity contribution in [2.45, 2.75) is 38.5 Å². The van der Waals surface area contributed by atoms with Gasteiger partial charge in [0, 0.05) is 17.5 Å². The first-order valence-corrected chi connectivity index (χ1v) is 9.98. The van der Waals surface area contributed by atoms with Crippen LogP contribution < -0.4 is 10.6 Å². The third-order valence-corrected chi connectivity index (χ3v) is 5.35. The first kappa shape index (κ1) is 19.2. The summed E-state index contributed by atoms with van der Waals surface area (Å²) in [5, 5.41) is 6.18. The molecule has 0 atom stereocenters. The molecule has 0 aliphatic heterocycles. The summed E-state index contributed by atoms with van der Waals surface area (Å²) >= 11 is 0. The van der Waals surface area contributed by atoms with Gasteiger partial charge >= 0.3 is 0 Å². The Morgan fingerprint density at radius 3 is 2.59 bits per heavy atom. The van der Waals surface area contributed by atoms with Crippen LogP contribution in [0, 0.1) is 11.7 Å². The maximum absolute atomic E-state index is 13.4. The molecule has 150 valence electrons. The average molecular weight is 394 g/mol. The lowest BCUT2D eigenvalue weighted by atomic mass is 9.87. The summed E-state index contributed by atoms with van der Waals surface area (Å²) in [4.78, 5) is 25.5. The van der Waals surface area contributed by atoms with E-state index >= 15 is 0 Å². The normalized spacial score (nSPS) is 14.7. The minimum absolute atomic E-state index is 0.00690. The van der Waals surface area contributed by atoms with E-state index in [-0.39, 0.29) is 11.7 Å². The number of furan rings is 1. The van der Waals surface area contributed by atoms with E-state index in [9.17, 15) is 14.0 Å². The molecule has 29 heavy (non-hydrogen) atoms. The average Bonchev–Trinajstić information content (AvgIpc) is 3.07. The van der Waals surface area contributed by atoms with Gasteiger partial charge in [-0.2, -0.15) is 0 Å². The lowest BCUT2D eigenvalue weighted by molar-refractivity contribution is -0.117. The van der Waals surface area contributed by atoms with Gasteiger partial charge in [0.2, 0.25) is 11.7 Å². The summed E-state index contributed by atoms with van der Waals surface area (Å²) in [5.74, 6) is -0.726. The van der Waals surface area contributed by atoms with E-state index in [0.717, 1.165) is 25.7 Å². The molecule has 0 unspecified atom stereocenters. The third kappa shape index (κ3) is 4.47.